The molecule has 0 unspecified atom stereocenters. The summed E-state index contributed by atoms with van der Waals surface area (Å²) >= 11 is 0. The van der Waals surface area contributed by atoms with E-state index in [1.54, 1.807) is 11.8 Å². The lowest BCUT2D eigenvalue weighted by Crippen LogP contribution is -2.28. The molecule has 1 amide bonds. The number of rotatable bonds is 5. The number of anilines is 1. The van der Waals surface area contributed by atoms with E-state index in [-0.39, 0.29) is 18.2 Å². The Hall–Kier alpha value is -2.18. The Morgan fingerprint density at radius 3 is 2.62 bits per heavy atom. The number of benzene rings is 2. The van der Waals surface area contributed by atoms with Crippen LogP contribution in [0.3, 0.4) is 0 Å². The van der Waals surface area contributed by atoms with E-state index in [9.17, 15) is 13.2 Å². The molecule has 0 radical (unpaired) electrons. The average molecular weight is 344 g/mol. The van der Waals surface area contributed by atoms with Crippen LogP contribution in [0.2, 0.25) is 0 Å². The highest BCUT2D eigenvalue weighted by Gasteiger charge is 2.25. The van der Waals surface area contributed by atoms with Gasteiger partial charge in [-0.2, -0.15) is 0 Å². The second-order valence-corrected chi connectivity index (χ2v) is 7.86. The molecule has 1 heterocycles. The van der Waals surface area contributed by atoms with Crippen molar-refractivity contribution in [2.75, 3.05) is 17.2 Å². The Morgan fingerprint density at radius 1 is 1.17 bits per heavy atom. The Kier molecular flexibility index (Phi) is 4.69. The lowest BCUT2D eigenvalue weighted by molar-refractivity contribution is 0.0989. The monoisotopic (exact) mass is 344 g/mol. The molecule has 2 aromatic rings. The molecule has 5 nitrogen and oxygen atoms in total. The summed E-state index contributed by atoms with van der Waals surface area (Å²) in [5, 5.41) is 0. The van der Waals surface area contributed by atoms with E-state index in [1.807, 2.05) is 48.5 Å². The van der Waals surface area contributed by atoms with E-state index in [0.29, 0.717) is 12.1 Å². The molecule has 0 bridgehead atoms. The molecular formula is C18H20N2O3S. The Morgan fingerprint density at radius 2 is 1.92 bits per heavy atom. The second kappa shape index (κ2) is 6.75. The molecule has 0 spiro atoms. The van der Waals surface area contributed by atoms with Crippen molar-refractivity contribution >= 4 is 21.6 Å². The van der Waals surface area contributed by atoms with Crippen LogP contribution in [0.1, 0.15) is 28.4 Å². The first-order valence-electron chi connectivity index (χ1n) is 7.96. The maximum absolute atomic E-state index is 12.6. The molecule has 24 heavy (non-hydrogen) atoms. The standard InChI is InChI=1S/C18H20N2O3S/c1-2-24(22,23)19-13-14-8-9-17-16(12-14)10-11-20(17)18(21)15-6-4-3-5-7-15/h3-9,12,19H,2,10-11,13H2,1H3. The van der Waals surface area contributed by atoms with Gasteiger partial charge in [-0.05, 0) is 42.7 Å². The third kappa shape index (κ3) is 3.49. The molecule has 0 atom stereocenters. The van der Waals surface area contributed by atoms with Crippen LogP contribution in [0.15, 0.2) is 48.5 Å². The van der Waals surface area contributed by atoms with Crippen LogP contribution in [-0.4, -0.2) is 26.6 Å². The van der Waals surface area contributed by atoms with E-state index < -0.39 is 10.0 Å². The number of sulfonamides is 1. The minimum atomic E-state index is -3.21. The zero-order chi connectivity index (χ0) is 17.2. The zero-order valence-electron chi connectivity index (χ0n) is 13.5. The van der Waals surface area contributed by atoms with Gasteiger partial charge >= 0.3 is 0 Å². The van der Waals surface area contributed by atoms with Crippen LogP contribution in [0.25, 0.3) is 0 Å². The van der Waals surface area contributed by atoms with Crippen molar-refractivity contribution in [1.82, 2.24) is 4.72 Å². The largest absolute Gasteiger partial charge is 0.308 e. The fourth-order valence-electron chi connectivity index (χ4n) is 2.81. The molecule has 3 rings (SSSR count). The molecule has 6 heteroatoms. The lowest BCUT2D eigenvalue weighted by Gasteiger charge is -2.17. The summed E-state index contributed by atoms with van der Waals surface area (Å²) < 4.78 is 25.6. The van der Waals surface area contributed by atoms with Gasteiger partial charge in [-0.1, -0.05) is 30.3 Å². The number of nitrogens with zero attached hydrogens (tertiary/aromatic N) is 1. The summed E-state index contributed by atoms with van der Waals surface area (Å²) in [7, 11) is -3.21. The second-order valence-electron chi connectivity index (χ2n) is 5.76. The number of carbonyl (C=O) groups is 1. The van der Waals surface area contributed by atoms with Crippen LogP contribution >= 0.6 is 0 Å². The van der Waals surface area contributed by atoms with Crippen molar-refractivity contribution in [1.29, 1.82) is 0 Å². The highest BCUT2D eigenvalue weighted by atomic mass is 32.2. The van der Waals surface area contributed by atoms with Crippen LogP contribution in [0.5, 0.6) is 0 Å². The molecule has 0 saturated heterocycles. The van der Waals surface area contributed by atoms with Gasteiger partial charge in [0.1, 0.15) is 0 Å². The number of hydrogen-bond donors (Lipinski definition) is 1. The van der Waals surface area contributed by atoms with E-state index in [1.165, 1.54) is 0 Å². The summed E-state index contributed by atoms with van der Waals surface area (Å²) in [4.78, 5) is 14.4. The third-order valence-corrected chi connectivity index (χ3v) is 5.53. The van der Waals surface area contributed by atoms with Gasteiger partial charge in [0.15, 0.2) is 0 Å². The SMILES string of the molecule is CCS(=O)(=O)NCc1ccc2c(c1)CCN2C(=O)c1ccccc1. The highest BCUT2D eigenvalue weighted by Crippen LogP contribution is 2.30. The normalized spacial score (nSPS) is 13.8. The molecule has 0 aliphatic carbocycles. The fourth-order valence-corrected chi connectivity index (χ4v) is 3.40. The van der Waals surface area contributed by atoms with Gasteiger partial charge in [0.05, 0.1) is 5.75 Å². The maximum Gasteiger partial charge on any atom is 0.258 e. The van der Waals surface area contributed by atoms with E-state index >= 15 is 0 Å². The summed E-state index contributed by atoms with van der Waals surface area (Å²) in [6, 6.07) is 15.0. The smallest absolute Gasteiger partial charge is 0.258 e. The predicted molar refractivity (Wildman–Crippen MR) is 94.6 cm³/mol. The molecule has 0 aromatic heterocycles. The quantitative estimate of drug-likeness (QED) is 0.905. The number of carbonyl (C=O) groups excluding carboxylic acids is 1. The summed E-state index contributed by atoms with van der Waals surface area (Å²) in [5.74, 6) is 0.0610. The third-order valence-electron chi connectivity index (χ3n) is 4.18. The Labute approximate surface area is 142 Å². The van der Waals surface area contributed by atoms with Crippen molar-refractivity contribution in [2.24, 2.45) is 0 Å². The summed E-state index contributed by atoms with van der Waals surface area (Å²) in [5.41, 5.74) is 3.56. The number of fused-ring (bicyclic) bond motifs is 1. The summed E-state index contributed by atoms with van der Waals surface area (Å²) in [6.07, 6.45) is 0.780. The first kappa shape index (κ1) is 16.7. The molecular weight excluding hydrogens is 324 g/mol. The highest BCUT2D eigenvalue weighted by molar-refractivity contribution is 7.89. The van der Waals surface area contributed by atoms with Crippen molar-refractivity contribution in [3.05, 3.63) is 65.2 Å². The summed E-state index contributed by atoms with van der Waals surface area (Å²) in [6.45, 7) is 2.53. The zero-order valence-corrected chi connectivity index (χ0v) is 14.3. The molecule has 2 aromatic carbocycles. The van der Waals surface area contributed by atoms with Gasteiger partial charge in [-0.15, -0.1) is 0 Å². The first-order chi connectivity index (χ1) is 11.5. The maximum atomic E-state index is 12.6. The molecule has 0 fully saturated rings. The van der Waals surface area contributed by atoms with Gasteiger partial charge in [0.2, 0.25) is 10.0 Å². The molecule has 1 aliphatic rings. The van der Waals surface area contributed by atoms with E-state index in [4.69, 9.17) is 0 Å². The number of nitrogens with one attached hydrogen (secondary N) is 1. The minimum absolute atomic E-state index is 0.00575. The van der Waals surface area contributed by atoms with Gasteiger partial charge in [0.25, 0.3) is 5.91 Å². The van der Waals surface area contributed by atoms with Crippen LogP contribution in [0, 0.1) is 0 Å². The number of amides is 1. The molecule has 0 saturated carbocycles. The molecule has 1 N–H and O–H groups in total. The van der Waals surface area contributed by atoms with Crippen LogP contribution < -0.4 is 9.62 Å². The van der Waals surface area contributed by atoms with E-state index in [2.05, 4.69) is 4.72 Å². The molecule has 126 valence electrons. The Balaban J connectivity index is 1.77. The Bertz CT molecular complexity index is 848. The van der Waals surface area contributed by atoms with Gasteiger partial charge in [-0.25, -0.2) is 13.1 Å². The fraction of sp³-hybridized carbons (Fsp3) is 0.278. The topological polar surface area (TPSA) is 66.5 Å². The molecule has 1 aliphatic heterocycles. The van der Waals surface area contributed by atoms with Crippen LogP contribution in [-0.2, 0) is 23.0 Å². The van der Waals surface area contributed by atoms with Crippen LogP contribution in [0.4, 0.5) is 5.69 Å². The van der Waals surface area contributed by atoms with Crippen molar-refractivity contribution < 1.29 is 13.2 Å². The van der Waals surface area contributed by atoms with Crippen molar-refractivity contribution in [2.45, 2.75) is 19.9 Å². The minimum Gasteiger partial charge on any atom is -0.308 e. The van der Waals surface area contributed by atoms with Crippen molar-refractivity contribution in [3.8, 4) is 0 Å². The van der Waals surface area contributed by atoms with Gasteiger partial charge in [0, 0.05) is 24.3 Å². The first-order valence-corrected chi connectivity index (χ1v) is 9.61. The van der Waals surface area contributed by atoms with E-state index in [0.717, 1.165) is 23.2 Å². The predicted octanol–water partition coefficient (Wildman–Crippen LogP) is 2.33. The number of hydrogen-bond acceptors (Lipinski definition) is 3. The lowest BCUT2D eigenvalue weighted by atomic mass is 10.1. The average Bonchev–Trinajstić information content (AvgIpc) is 3.03. The van der Waals surface area contributed by atoms with Crippen molar-refractivity contribution in [3.63, 3.8) is 0 Å². The van der Waals surface area contributed by atoms with Gasteiger partial charge < -0.3 is 4.90 Å². The van der Waals surface area contributed by atoms with Gasteiger partial charge in [-0.3, -0.25) is 4.79 Å².